The van der Waals surface area contributed by atoms with Gasteiger partial charge in [-0.2, -0.15) is 0 Å². The van der Waals surface area contributed by atoms with Crippen LogP contribution in [0.25, 0.3) is 0 Å². The third kappa shape index (κ3) is 5.32. The first-order chi connectivity index (χ1) is 13.1. The van der Waals surface area contributed by atoms with Gasteiger partial charge in [0.2, 0.25) is 0 Å². The fraction of sp³-hybridized carbons (Fsp3) is 0.368. The number of nitrogens with zero attached hydrogens (tertiary/aromatic N) is 1. The molecular formula is C19H25N3O4S2. The predicted molar refractivity (Wildman–Crippen MR) is 111 cm³/mol. The maximum atomic E-state index is 13.1. The van der Waals surface area contributed by atoms with Crippen molar-refractivity contribution in [2.45, 2.75) is 29.3 Å². The van der Waals surface area contributed by atoms with Gasteiger partial charge in [-0.15, -0.1) is 11.3 Å². The highest BCUT2D eigenvalue weighted by atomic mass is 32.2. The summed E-state index contributed by atoms with van der Waals surface area (Å²) >= 11 is 1.12. The Morgan fingerprint density at radius 1 is 1.07 bits per heavy atom. The summed E-state index contributed by atoms with van der Waals surface area (Å²) in [5, 5.41) is 5.63. The molecule has 152 valence electrons. The van der Waals surface area contributed by atoms with Crippen molar-refractivity contribution in [3.63, 3.8) is 0 Å². The highest BCUT2D eigenvalue weighted by Crippen LogP contribution is 2.32. The monoisotopic (exact) mass is 423 g/mol. The summed E-state index contributed by atoms with van der Waals surface area (Å²) < 4.78 is 26.5. The Bertz CT molecular complexity index is 905. The van der Waals surface area contributed by atoms with Crippen molar-refractivity contribution in [3.05, 3.63) is 47.3 Å². The van der Waals surface area contributed by atoms with Gasteiger partial charge in [0.05, 0.1) is 0 Å². The molecule has 2 aromatic rings. The summed E-state index contributed by atoms with van der Waals surface area (Å²) in [5.41, 5.74) is 1.47. The average molecular weight is 424 g/mol. The molecule has 1 atom stereocenters. The fourth-order valence-corrected chi connectivity index (χ4v) is 5.42. The lowest BCUT2D eigenvalue weighted by atomic mass is 10.1. The third-order valence-corrected chi connectivity index (χ3v) is 7.54. The fourth-order valence-electron chi connectivity index (χ4n) is 2.55. The number of rotatable bonds is 7. The van der Waals surface area contributed by atoms with Crippen molar-refractivity contribution in [1.82, 2.24) is 10.6 Å². The molecule has 0 aliphatic rings. The number of carbonyl (C=O) groups excluding carboxylic acids is 2. The number of benzene rings is 1. The van der Waals surface area contributed by atoms with E-state index in [2.05, 4.69) is 10.6 Å². The summed E-state index contributed by atoms with van der Waals surface area (Å²) in [6, 6.07) is 10.1. The summed E-state index contributed by atoms with van der Waals surface area (Å²) in [7, 11) is 0.0528. The Hall–Kier alpha value is -2.39. The van der Waals surface area contributed by atoms with E-state index in [9.17, 15) is 18.0 Å². The van der Waals surface area contributed by atoms with Crippen LogP contribution in [0, 0.1) is 0 Å². The van der Waals surface area contributed by atoms with Gasteiger partial charge in [0.15, 0.2) is 9.84 Å². The van der Waals surface area contributed by atoms with E-state index < -0.39 is 26.9 Å². The molecule has 0 bridgehead atoms. The van der Waals surface area contributed by atoms with Crippen molar-refractivity contribution in [2.24, 2.45) is 0 Å². The van der Waals surface area contributed by atoms with Crippen LogP contribution >= 0.6 is 11.3 Å². The Balaban J connectivity index is 2.29. The van der Waals surface area contributed by atoms with E-state index in [1.54, 1.807) is 37.4 Å². The van der Waals surface area contributed by atoms with Gasteiger partial charge in [0.1, 0.15) is 9.46 Å². The molecule has 0 unspecified atom stereocenters. The highest BCUT2D eigenvalue weighted by Gasteiger charge is 2.31. The van der Waals surface area contributed by atoms with Crippen LogP contribution in [0.15, 0.2) is 46.0 Å². The van der Waals surface area contributed by atoms with Crippen LogP contribution in [0.4, 0.5) is 5.69 Å². The summed E-state index contributed by atoms with van der Waals surface area (Å²) in [6.07, 6.45) is 0. The van der Waals surface area contributed by atoms with Crippen molar-refractivity contribution in [2.75, 3.05) is 25.5 Å². The number of carbonyl (C=O) groups is 2. The number of hydrogen-bond donors (Lipinski definition) is 2. The summed E-state index contributed by atoms with van der Waals surface area (Å²) in [5.74, 6) is -1.64. The molecular weight excluding hydrogens is 398 g/mol. The van der Waals surface area contributed by atoms with Gasteiger partial charge in [0, 0.05) is 32.4 Å². The molecule has 2 rings (SSSR count). The zero-order valence-corrected chi connectivity index (χ0v) is 17.9. The van der Waals surface area contributed by atoms with Crippen molar-refractivity contribution < 1.29 is 18.0 Å². The van der Waals surface area contributed by atoms with Gasteiger partial charge >= 0.3 is 11.8 Å². The van der Waals surface area contributed by atoms with E-state index in [4.69, 9.17) is 0 Å². The van der Waals surface area contributed by atoms with Gasteiger partial charge in [-0.1, -0.05) is 18.2 Å². The molecule has 2 amide bonds. The average Bonchev–Trinajstić information content (AvgIpc) is 3.17. The Morgan fingerprint density at radius 2 is 1.71 bits per heavy atom. The molecule has 1 heterocycles. The third-order valence-electron chi connectivity index (χ3n) is 4.01. The molecule has 0 spiro atoms. The number of nitrogens with one attached hydrogen (secondary N) is 2. The highest BCUT2D eigenvalue weighted by molar-refractivity contribution is 7.93. The van der Waals surface area contributed by atoms with Crippen molar-refractivity contribution in [1.29, 1.82) is 0 Å². The predicted octanol–water partition coefficient (Wildman–Crippen LogP) is 1.97. The van der Waals surface area contributed by atoms with Gasteiger partial charge < -0.3 is 15.5 Å². The molecule has 0 aliphatic carbocycles. The van der Waals surface area contributed by atoms with Gasteiger partial charge in [0.25, 0.3) is 0 Å². The van der Waals surface area contributed by atoms with Crippen LogP contribution in [-0.4, -0.2) is 46.9 Å². The minimum atomic E-state index is -3.73. The smallest absolute Gasteiger partial charge is 0.309 e. The van der Waals surface area contributed by atoms with Crippen LogP contribution in [0.2, 0.25) is 0 Å². The van der Waals surface area contributed by atoms with Crippen molar-refractivity contribution in [3.8, 4) is 0 Å². The van der Waals surface area contributed by atoms with E-state index in [1.807, 2.05) is 31.1 Å². The van der Waals surface area contributed by atoms with Crippen molar-refractivity contribution >= 4 is 38.7 Å². The van der Waals surface area contributed by atoms with E-state index in [-0.39, 0.29) is 16.8 Å². The topological polar surface area (TPSA) is 95.6 Å². The lowest BCUT2D eigenvalue weighted by Crippen LogP contribution is -2.44. The van der Waals surface area contributed by atoms with Crippen LogP contribution < -0.4 is 15.5 Å². The molecule has 7 nitrogen and oxygen atoms in total. The first-order valence-electron chi connectivity index (χ1n) is 8.76. The second kappa shape index (κ2) is 9.20. The second-order valence-corrected chi connectivity index (χ2v) is 10.1. The normalized spacial score (nSPS) is 12.5. The second-order valence-electron chi connectivity index (χ2n) is 6.79. The number of amides is 2. The van der Waals surface area contributed by atoms with Crippen LogP contribution in [0.1, 0.15) is 24.7 Å². The molecule has 0 radical (unpaired) electrons. The minimum absolute atomic E-state index is 0.192. The van der Waals surface area contributed by atoms with E-state index in [0.717, 1.165) is 17.0 Å². The van der Waals surface area contributed by atoms with E-state index in [0.29, 0.717) is 5.56 Å². The van der Waals surface area contributed by atoms with Crippen LogP contribution in [0.5, 0.6) is 0 Å². The molecule has 0 saturated heterocycles. The standard InChI is InChI=1S/C19H25N3O4S2/c1-13(2)21-19(24)18(23)20-12-16(28(25,26)17-6-5-11-27-17)14-7-9-15(10-8-14)22(3)4/h5-11,13,16H,12H2,1-4H3,(H,20,23)(H,21,24)/t16-/m0/s1. The molecule has 1 aromatic carbocycles. The minimum Gasteiger partial charge on any atom is -0.378 e. The Morgan fingerprint density at radius 3 is 2.21 bits per heavy atom. The van der Waals surface area contributed by atoms with E-state index in [1.165, 1.54) is 6.07 Å². The molecule has 0 aliphatic heterocycles. The molecule has 1 aromatic heterocycles. The zero-order chi connectivity index (χ0) is 20.9. The molecule has 0 fully saturated rings. The first-order valence-corrected chi connectivity index (χ1v) is 11.2. The van der Waals surface area contributed by atoms with E-state index >= 15 is 0 Å². The van der Waals surface area contributed by atoms with Gasteiger partial charge in [-0.05, 0) is 43.0 Å². The quantitative estimate of drug-likeness (QED) is 0.664. The lowest BCUT2D eigenvalue weighted by Gasteiger charge is -2.20. The summed E-state index contributed by atoms with van der Waals surface area (Å²) in [6.45, 7) is 3.27. The number of hydrogen-bond acceptors (Lipinski definition) is 6. The van der Waals surface area contributed by atoms with Crippen LogP contribution in [0.3, 0.4) is 0 Å². The zero-order valence-electron chi connectivity index (χ0n) is 16.3. The Kier molecular flexibility index (Phi) is 7.20. The molecule has 28 heavy (non-hydrogen) atoms. The SMILES string of the molecule is CC(C)NC(=O)C(=O)NC[C@@H](c1ccc(N(C)C)cc1)S(=O)(=O)c1cccs1. The Labute approximate surface area is 169 Å². The lowest BCUT2D eigenvalue weighted by molar-refractivity contribution is -0.139. The first kappa shape index (κ1) is 21.9. The number of sulfone groups is 1. The number of thiophene rings is 1. The number of anilines is 1. The maximum absolute atomic E-state index is 13.1. The summed E-state index contributed by atoms with van der Waals surface area (Å²) in [4.78, 5) is 25.8. The molecule has 2 N–H and O–H groups in total. The van der Waals surface area contributed by atoms with Crippen LogP contribution in [-0.2, 0) is 19.4 Å². The maximum Gasteiger partial charge on any atom is 0.309 e. The largest absolute Gasteiger partial charge is 0.378 e. The molecule has 0 saturated carbocycles. The van der Waals surface area contributed by atoms with Gasteiger partial charge in [-0.25, -0.2) is 8.42 Å². The van der Waals surface area contributed by atoms with Gasteiger partial charge in [-0.3, -0.25) is 9.59 Å². The molecule has 9 heteroatoms.